The van der Waals surface area contributed by atoms with Gasteiger partial charge in [-0.25, -0.2) is 0 Å². The first kappa shape index (κ1) is 13.5. The highest BCUT2D eigenvalue weighted by Gasteiger charge is 2.15. The predicted molar refractivity (Wildman–Crippen MR) is 84.9 cm³/mol. The minimum absolute atomic E-state index is 0.729. The monoisotopic (exact) mass is 329 g/mol. The summed E-state index contributed by atoms with van der Waals surface area (Å²) in [5, 5.41) is 18.4. The lowest BCUT2D eigenvalue weighted by atomic mass is 10.2. The van der Waals surface area contributed by atoms with Crippen LogP contribution in [0.5, 0.6) is 0 Å². The van der Waals surface area contributed by atoms with Gasteiger partial charge in [0.25, 0.3) is 0 Å². The first-order valence-corrected chi connectivity index (χ1v) is 8.42. The molecule has 0 N–H and O–H groups in total. The van der Waals surface area contributed by atoms with E-state index in [1.54, 1.807) is 16.3 Å². The van der Waals surface area contributed by atoms with Gasteiger partial charge < -0.3 is 4.52 Å². The van der Waals surface area contributed by atoms with Crippen molar-refractivity contribution in [2.24, 2.45) is 0 Å². The summed E-state index contributed by atoms with van der Waals surface area (Å²) < 4.78 is 6.85. The third-order valence-corrected chi connectivity index (χ3v) is 4.93. The summed E-state index contributed by atoms with van der Waals surface area (Å²) in [5.41, 5.74) is 1.97. The number of fused-ring (bicyclic) bond motifs is 1. The van der Waals surface area contributed by atoms with Crippen molar-refractivity contribution in [2.75, 3.05) is 0 Å². The van der Waals surface area contributed by atoms with E-state index >= 15 is 0 Å². The lowest BCUT2D eigenvalue weighted by Crippen LogP contribution is -1.90. The second-order valence-corrected chi connectivity index (χ2v) is 6.58. The molecule has 0 aliphatic rings. The summed E-state index contributed by atoms with van der Waals surface area (Å²) in [6.45, 7) is 1.86. The summed E-state index contributed by atoms with van der Waals surface area (Å²) in [7, 11) is 0. The standard InChI is InChI=1S/C14H11N5OS2/c1-9-7-11(18-20-9)12-17-19-13(15-16-14(19)22-12)21-8-10-5-3-2-4-6-10/h2-7H,8H2,1H3. The van der Waals surface area contributed by atoms with Crippen molar-refractivity contribution in [3.63, 3.8) is 0 Å². The van der Waals surface area contributed by atoms with Crippen LogP contribution in [0.4, 0.5) is 0 Å². The highest BCUT2D eigenvalue weighted by Crippen LogP contribution is 2.28. The van der Waals surface area contributed by atoms with Crippen molar-refractivity contribution in [1.82, 2.24) is 25.0 Å². The molecule has 0 bridgehead atoms. The lowest BCUT2D eigenvalue weighted by Gasteiger charge is -1.98. The van der Waals surface area contributed by atoms with Gasteiger partial charge in [0.1, 0.15) is 11.5 Å². The maximum Gasteiger partial charge on any atom is 0.235 e. The van der Waals surface area contributed by atoms with Gasteiger partial charge in [0.2, 0.25) is 10.1 Å². The van der Waals surface area contributed by atoms with Gasteiger partial charge in [-0.3, -0.25) is 0 Å². The Hall–Kier alpha value is -2.19. The van der Waals surface area contributed by atoms with E-state index in [0.717, 1.165) is 32.3 Å². The number of thioether (sulfide) groups is 1. The number of hydrogen-bond donors (Lipinski definition) is 0. The molecule has 0 aliphatic carbocycles. The van der Waals surface area contributed by atoms with Gasteiger partial charge in [-0.15, -0.1) is 10.2 Å². The Bertz CT molecular complexity index is 912. The molecule has 3 heterocycles. The minimum atomic E-state index is 0.729. The molecule has 4 rings (SSSR count). The Kier molecular flexibility index (Phi) is 3.39. The summed E-state index contributed by atoms with van der Waals surface area (Å²) in [6.07, 6.45) is 0. The van der Waals surface area contributed by atoms with Crippen LogP contribution in [-0.4, -0.2) is 25.0 Å². The number of rotatable bonds is 4. The molecule has 0 aliphatic heterocycles. The van der Waals surface area contributed by atoms with E-state index in [1.807, 2.05) is 31.2 Å². The van der Waals surface area contributed by atoms with Crippen LogP contribution in [-0.2, 0) is 5.75 Å². The highest BCUT2D eigenvalue weighted by atomic mass is 32.2. The zero-order chi connectivity index (χ0) is 14.9. The molecule has 0 saturated heterocycles. The second-order valence-electron chi connectivity index (χ2n) is 4.68. The van der Waals surface area contributed by atoms with Gasteiger partial charge in [-0.05, 0) is 12.5 Å². The molecule has 0 unspecified atom stereocenters. The summed E-state index contributed by atoms with van der Waals surface area (Å²) in [5.74, 6) is 1.59. The molecule has 0 radical (unpaired) electrons. The van der Waals surface area contributed by atoms with Gasteiger partial charge in [0.15, 0.2) is 5.01 Å². The van der Waals surface area contributed by atoms with Crippen molar-refractivity contribution in [3.8, 4) is 10.7 Å². The largest absolute Gasteiger partial charge is 0.361 e. The lowest BCUT2D eigenvalue weighted by molar-refractivity contribution is 0.399. The van der Waals surface area contributed by atoms with Crippen LogP contribution in [0.3, 0.4) is 0 Å². The maximum atomic E-state index is 5.09. The van der Waals surface area contributed by atoms with E-state index in [4.69, 9.17) is 4.52 Å². The van der Waals surface area contributed by atoms with Crippen LogP contribution in [0.25, 0.3) is 15.7 Å². The van der Waals surface area contributed by atoms with E-state index in [-0.39, 0.29) is 0 Å². The van der Waals surface area contributed by atoms with E-state index in [1.165, 1.54) is 16.9 Å². The zero-order valence-electron chi connectivity index (χ0n) is 11.6. The van der Waals surface area contributed by atoms with E-state index in [2.05, 4.69) is 32.6 Å². The molecular formula is C14H11N5OS2. The Labute approximate surface area is 134 Å². The first-order valence-electron chi connectivity index (χ1n) is 6.62. The molecule has 0 fully saturated rings. The van der Waals surface area contributed by atoms with E-state index in [9.17, 15) is 0 Å². The van der Waals surface area contributed by atoms with Gasteiger partial charge in [-0.1, -0.05) is 58.6 Å². The minimum Gasteiger partial charge on any atom is -0.361 e. The van der Waals surface area contributed by atoms with Crippen LogP contribution < -0.4 is 0 Å². The van der Waals surface area contributed by atoms with Crippen molar-refractivity contribution in [2.45, 2.75) is 17.8 Å². The number of nitrogens with zero attached hydrogens (tertiary/aromatic N) is 5. The third kappa shape index (κ3) is 2.51. The van der Waals surface area contributed by atoms with Crippen LogP contribution in [0.15, 0.2) is 46.1 Å². The molecule has 6 nitrogen and oxygen atoms in total. The van der Waals surface area contributed by atoms with Crippen LogP contribution >= 0.6 is 23.1 Å². The molecule has 0 spiro atoms. The molecule has 0 amide bonds. The van der Waals surface area contributed by atoms with Gasteiger partial charge in [-0.2, -0.15) is 9.61 Å². The normalized spacial score (nSPS) is 11.3. The average molecular weight is 329 g/mol. The van der Waals surface area contributed by atoms with Gasteiger partial charge in [0, 0.05) is 11.8 Å². The Morgan fingerprint density at radius 3 is 2.86 bits per heavy atom. The average Bonchev–Trinajstić information content (AvgIpc) is 3.21. The molecule has 110 valence electrons. The van der Waals surface area contributed by atoms with E-state index in [0.29, 0.717) is 0 Å². The van der Waals surface area contributed by atoms with Crippen molar-refractivity contribution in [1.29, 1.82) is 0 Å². The van der Waals surface area contributed by atoms with Gasteiger partial charge >= 0.3 is 0 Å². The summed E-state index contributed by atoms with van der Waals surface area (Å²) >= 11 is 3.06. The highest BCUT2D eigenvalue weighted by molar-refractivity contribution is 7.98. The smallest absolute Gasteiger partial charge is 0.235 e. The third-order valence-electron chi connectivity index (χ3n) is 3.02. The zero-order valence-corrected chi connectivity index (χ0v) is 13.3. The number of aromatic nitrogens is 5. The molecular weight excluding hydrogens is 318 g/mol. The summed E-state index contributed by atoms with van der Waals surface area (Å²) in [6, 6.07) is 12.1. The molecule has 1 aromatic carbocycles. The number of hydrogen-bond acceptors (Lipinski definition) is 7. The quantitative estimate of drug-likeness (QED) is 0.534. The first-order chi connectivity index (χ1) is 10.8. The van der Waals surface area contributed by atoms with Crippen LogP contribution in [0.1, 0.15) is 11.3 Å². The predicted octanol–water partition coefficient (Wildman–Crippen LogP) is 3.44. The Morgan fingerprint density at radius 1 is 1.23 bits per heavy atom. The fraction of sp³-hybridized carbons (Fsp3) is 0.143. The van der Waals surface area contributed by atoms with Crippen molar-refractivity contribution in [3.05, 3.63) is 47.7 Å². The van der Waals surface area contributed by atoms with E-state index < -0.39 is 0 Å². The maximum absolute atomic E-state index is 5.09. The van der Waals surface area contributed by atoms with Crippen LogP contribution in [0, 0.1) is 6.92 Å². The fourth-order valence-electron chi connectivity index (χ4n) is 1.98. The Balaban J connectivity index is 1.61. The molecule has 8 heteroatoms. The Morgan fingerprint density at radius 2 is 2.09 bits per heavy atom. The second kappa shape index (κ2) is 5.54. The molecule has 3 aromatic heterocycles. The van der Waals surface area contributed by atoms with Crippen molar-refractivity contribution < 1.29 is 4.52 Å². The molecule has 22 heavy (non-hydrogen) atoms. The number of aryl methyl sites for hydroxylation is 1. The summed E-state index contributed by atoms with van der Waals surface area (Å²) in [4.78, 5) is 0.756. The number of benzene rings is 1. The molecule has 0 atom stereocenters. The van der Waals surface area contributed by atoms with Crippen LogP contribution in [0.2, 0.25) is 0 Å². The SMILES string of the molecule is Cc1cc(-c2nn3c(SCc4ccccc4)nnc3s2)no1. The van der Waals surface area contributed by atoms with Gasteiger partial charge in [0.05, 0.1) is 0 Å². The topological polar surface area (TPSA) is 69.1 Å². The van der Waals surface area contributed by atoms with Crippen molar-refractivity contribution >= 4 is 28.1 Å². The fourth-order valence-corrected chi connectivity index (χ4v) is 3.67. The molecule has 0 saturated carbocycles. The molecule has 4 aromatic rings.